The molecule has 0 aliphatic rings. The second-order valence-corrected chi connectivity index (χ2v) is 5.70. The van der Waals surface area contributed by atoms with Crippen molar-refractivity contribution in [2.24, 2.45) is 5.73 Å². The Bertz CT molecular complexity index is 494. The minimum absolute atomic E-state index is 0.0909. The molecule has 17 heavy (non-hydrogen) atoms. The van der Waals surface area contributed by atoms with E-state index in [4.69, 9.17) is 11.1 Å². The number of nitrogens with zero attached hydrogens (tertiary/aromatic N) is 1. The van der Waals surface area contributed by atoms with E-state index in [1.165, 1.54) is 10.6 Å². The highest BCUT2D eigenvalue weighted by Crippen LogP contribution is 2.18. The number of nitrogens with one attached hydrogen (secondary N) is 1. The van der Waals surface area contributed by atoms with E-state index < -0.39 is 10.0 Å². The minimum atomic E-state index is -3.24. The molecule has 0 fully saturated rings. The molecule has 0 heterocycles. The molecule has 0 saturated carbocycles. The van der Waals surface area contributed by atoms with Crippen LogP contribution in [-0.2, 0) is 16.4 Å². The number of amidine groups is 1. The number of anilines is 1. The highest BCUT2D eigenvalue weighted by molar-refractivity contribution is 7.92. The molecule has 3 N–H and O–H groups in total. The van der Waals surface area contributed by atoms with Gasteiger partial charge in [0.25, 0.3) is 0 Å². The number of benzene rings is 1. The number of hydrogen-bond donors (Lipinski definition) is 2. The van der Waals surface area contributed by atoms with Crippen molar-refractivity contribution in [2.75, 3.05) is 17.1 Å². The van der Waals surface area contributed by atoms with E-state index in [0.29, 0.717) is 18.7 Å². The lowest BCUT2D eigenvalue weighted by Crippen LogP contribution is -2.29. The van der Waals surface area contributed by atoms with Crippen molar-refractivity contribution in [3.63, 3.8) is 0 Å². The first kappa shape index (κ1) is 13.5. The SMILES string of the molecule is CCN(c1ccc(CC(=N)N)cc1)S(C)(=O)=O. The van der Waals surface area contributed by atoms with Crippen LogP contribution in [0.3, 0.4) is 0 Å². The Labute approximate surface area is 102 Å². The quantitative estimate of drug-likeness (QED) is 0.606. The van der Waals surface area contributed by atoms with Gasteiger partial charge in [0.1, 0.15) is 0 Å². The molecule has 0 atom stereocenters. The van der Waals surface area contributed by atoms with Gasteiger partial charge in [-0.3, -0.25) is 9.71 Å². The van der Waals surface area contributed by atoms with Gasteiger partial charge in [-0.15, -0.1) is 0 Å². The van der Waals surface area contributed by atoms with Crippen LogP contribution < -0.4 is 10.0 Å². The number of hydrogen-bond acceptors (Lipinski definition) is 3. The molecule has 0 saturated heterocycles. The van der Waals surface area contributed by atoms with Crippen LogP contribution in [0.2, 0.25) is 0 Å². The molecule has 0 spiro atoms. The van der Waals surface area contributed by atoms with Crippen molar-refractivity contribution in [1.29, 1.82) is 5.41 Å². The van der Waals surface area contributed by atoms with Gasteiger partial charge >= 0.3 is 0 Å². The summed E-state index contributed by atoms with van der Waals surface area (Å²) in [4.78, 5) is 0. The van der Waals surface area contributed by atoms with E-state index in [9.17, 15) is 8.42 Å². The molecule has 0 unspecified atom stereocenters. The third-order valence-corrected chi connectivity index (χ3v) is 3.58. The predicted octanol–water partition coefficient (Wildman–Crippen LogP) is 0.951. The van der Waals surface area contributed by atoms with Crippen LogP contribution in [0.15, 0.2) is 24.3 Å². The maximum Gasteiger partial charge on any atom is 0.232 e. The van der Waals surface area contributed by atoms with Crippen molar-refractivity contribution < 1.29 is 8.42 Å². The molecule has 0 bridgehead atoms. The highest BCUT2D eigenvalue weighted by atomic mass is 32.2. The normalized spacial score (nSPS) is 11.2. The molecule has 94 valence electrons. The zero-order chi connectivity index (χ0) is 13.1. The van der Waals surface area contributed by atoms with Crippen molar-refractivity contribution in [2.45, 2.75) is 13.3 Å². The summed E-state index contributed by atoms with van der Waals surface area (Å²) in [5, 5.41) is 7.18. The van der Waals surface area contributed by atoms with Crippen molar-refractivity contribution in [3.05, 3.63) is 29.8 Å². The minimum Gasteiger partial charge on any atom is -0.387 e. The molecule has 1 rings (SSSR count). The average molecular weight is 255 g/mol. The van der Waals surface area contributed by atoms with Gasteiger partial charge in [0, 0.05) is 13.0 Å². The van der Waals surface area contributed by atoms with Gasteiger partial charge in [-0.25, -0.2) is 8.42 Å². The monoisotopic (exact) mass is 255 g/mol. The summed E-state index contributed by atoms with van der Waals surface area (Å²) in [7, 11) is -3.24. The van der Waals surface area contributed by atoms with Crippen LogP contribution in [0.4, 0.5) is 5.69 Å². The third kappa shape index (κ3) is 3.74. The standard InChI is InChI=1S/C11H17N3O2S/c1-3-14(17(2,15)16)10-6-4-9(5-7-10)8-11(12)13/h4-7H,3,8H2,1-2H3,(H3,12,13). The van der Waals surface area contributed by atoms with E-state index in [1.807, 2.05) is 0 Å². The zero-order valence-electron chi connectivity index (χ0n) is 9.97. The topological polar surface area (TPSA) is 87.2 Å². The van der Waals surface area contributed by atoms with E-state index >= 15 is 0 Å². The second-order valence-electron chi connectivity index (χ2n) is 3.80. The molecule has 1 aromatic carbocycles. The molecule has 0 aliphatic heterocycles. The molecule has 1 aromatic rings. The van der Waals surface area contributed by atoms with Gasteiger partial charge in [0.2, 0.25) is 10.0 Å². The molecular weight excluding hydrogens is 238 g/mol. The Morgan fingerprint density at radius 2 is 1.88 bits per heavy atom. The van der Waals surface area contributed by atoms with Gasteiger partial charge in [-0.05, 0) is 24.6 Å². The largest absolute Gasteiger partial charge is 0.387 e. The van der Waals surface area contributed by atoms with Crippen LogP contribution in [0.5, 0.6) is 0 Å². The van der Waals surface area contributed by atoms with Crippen molar-refractivity contribution >= 4 is 21.5 Å². The van der Waals surface area contributed by atoms with Crippen LogP contribution in [0.1, 0.15) is 12.5 Å². The molecule has 0 amide bonds. The smallest absolute Gasteiger partial charge is 0.232 e. The fraction of sp³-hybridized carbons (Fsp3) is 0.364. The van der Waals surface area contributed by atoms with Crippen LogP contribution in [-0.4, -0.2) is 27.1 Å². The summed E-state index contributed by atoms with van der Waals surface area (Å²) in [5.41, 5.74) is 6.82. The summed E-state index contributed by atoms with van der Waals surface area (Å²) in [6, 6.07) is 7.01. The molecule has 0 aliphatic carbocycles. The second kappa shape index (κ2) is 5.18. The first-order valence-electron chi connectivity index (χ1n) is 5.24. The fourth-order valence-corrected chi connectivity index (χ4v) is 2.58. The summed E-state index contributed by atoms with van der Waals surface area (Å²) in [6.45, 7) is 2.18. The van der Waals surface area contributed by atoms with E-state index in [2.05, 4.69) is 0 Å². The van der Waals surface area contributed by atoms with Crippen LogP contribution >= 0.6 is 0 Å². The van der Waals surface area contributed by atoms with E-state index in [1.54, 1.807) is 31.2 Å². The first-order valence-corrected chi connectivity index (χ1v) is 7.09. The summed E-state index contributed by atoms with van der Waals surface area (Å²) in [5.74, 6) is 0.0909. The maximum absolute atomic E-state index is 11.5. The predicted molar refractivity (Wildman–Crippen MR) is 69.9 cm³/mol. The highest BCUT2D eigenvalue weighted by Gasteiger charge is 2.14. The maximum atomic E-state index is 11.5. The van der Waals surface area contributed by atoms with E-state index in [0.717, 1.165) is 5.56 Å². The van der Waals surface area contributed by atoms with Crippen molar-refractivity contribution in [3.8, 4) is 0 Å². The Hall–Kier alpha value is -1.56. The lowest BCUT2D eigenvalue weighted by molar-refractivity contribution is 0.598. The van der Waals surface area contributed by atoms with Gasteiger partial charge in [-0.2, -0.15) is 0 Å². The molecule has 6 heteroatoms. The van der Waals surface area contributed by atoms with Gasteiger partial charge < -0.3 is 5.73 Å². The number of nitrogens with two attached hydrogens (primary N) is 1. The average Bonchev–Trinajstić information content (AvgIpc) is 2.18. The number of sulfonamides is 1. The Morgan fingerprint density at radius 1 is 1.35 bits per heavy atom. The lowest BCUT2D eigenvalue weighted by atomic mass is 10.1. The summed E-state index contributed by atoms with van der Waals surface area (Å²) < 4.78 is 24.3. The summed E-state index contributed by atoms with van der Waals surface area (Å²) in [6.07, 6.45) is 1.56. The van der Waals surface area contributed by atoms with Crippen LogP contribution in [0, 0.1) is 5.41 Å². The number of rotatable bonds is 5. The van der Waals surface area contributed by atoms with E-state index in [-0.39, 0.29) is 5.84 Å². The molecule has 0 aromatic heterocycles. The Morgan fingerprint density at radius 3 is 2.24 bits per heavy atom. The lowest BCUT2D eigenvalue weighted by Gasteiger charge is -2.20. The van der Waals surface area contributed by atoms with Crippen molar-refractivity contribution in [1.82, 2.24) is 0 Å². The van der Waals surface area contributed by atoms with Gasteiger partial charge in [0.15, 0.2) is 0 Å². The molecule has 5 nitrogen and oxygen atoms in total. The fourth-order valence-electron chi connectivity index (χ4n) is 1.61. The Kier molecular flexibility index (Phi) is 4.11. The first-order chi connectivity index (χ1) is 7.84. The molecular formula is C11H17N3O2S. The summed E-state index contributed by atoms with van der Waals surface area (Å²) >= 11 is 0. The zero-order valence-corrected chi connectivity index (χ0v) is 10.8. The van der Waals surface area contributed by atoms with Gasteiger partial charge in [-0.1, -0.05) is 12.1 Å². The van der Waals surface area contributed by atoms with Gasteiger partial charge in [0.05, 0.1) is 17.8 Å². The Balaban J connectivity index is 2.97. The third-order valence-electron chi connectivity index (χ3n) is 2.31. The molecule has 0 radical (unpaired) electrons. The van der Waals surface area contributed by atoms with Crippen LogP contribution in [0.25, 0.3) is 0 Å².